The third-order valence-corrected chi connectivity index (χ3v) is 2.17. The van der Waals surface area contributed by atoms with E-state index < -0.39 is 5.97 Å². The molecule has 1 aromatic rings. The number of carboxylic acids is 1. The number of alkyl halides is 1. The maximum atomic E-state index is 8.89. The number of halogens is 2. The van der Waals surface area contributed by atoms with Crippen LogP contribution < -0.4 is 10.8 Å². The maximum Gasteiger partial charge on any atom is 0.107 e. The van der Waals surface area contributed by atoms with Crippen molar-refractivity contribution in [2.45, 2.75) is 12.3 Å². The van der Waals surface area contributed by atoms with Crippen molar-refractivity contribution in [2.75, 3.05) is 6.54 Å². The summed E-state index contributed by atoms with van der Waals surface area (Å²) < 4.78 is 0. The standard InChI is InChI=1S/C8H9Cl2N.C2H4O2/c9-7-3-1-2-6(4-7)8(10)5-11;1-2(3)4/h1-4,8H,5,11H2;1H3,(H,3,4). The molecule has 1 atom stereocenters. The van der Waals surface area contributed by atoms with E-state index in [4.69, 9.17) is 33.1 Å². The third-order valence-electron chi connectivity index (χ3n) is 1.46. The molecule has 0 fully saturated rings. The smallest absolute Gasteiger partial charge is 0.107 e. The molecule has 0 heterocycles. The zero-order chi connectivity index (χ0) is 11.8. The van der Waals surface area contributed by atoms with Gasteiger partial charge in [-0.2, -0.15) is 0 Å². The van der Waals surface area contributed by atoms with Crippen molar-refractivity contribution in [3.05, 3.63) is 34.9 Å². The van der Waals surface area contributed by atoms with Gasteiger partial charge in [-0.3, -0.25) is 0 Å². The second-order valence-corrected chi connectivity index (χ2v) is 3.77. The first-order valence-electron chi connectivity index (χ1n) is 4.33. The molecule has 0 aliphatic rings. The number of carbonyl (C=O) groups excluding carboxylic acids is 1. The van der Waals surface area contributed by atoms with E-state index in [1.807, 2.05) is 24.3 Å². The highest BCUT2D eigenvalue weighted by molar-refractivity contribution is 6.30. The number of hydrogen-bond donors (Lipinski definition) is 1. The molecule has 84 valence electrons. The van der Waals surface area contributed by atoms with E-state index in [9.17, 15) is 0 Å². The molecule has 5 heteroatoms. The number of rotatable bonds is 2. The molecule has 0 aromatic heterocycles. The number of carbonyl (C=O) groups is 1. The molecule has 3 N–H and O–H groups in total. The van der Waals surface area contributed by atoms with Gasteiger partial charge in [-0.25, -0.2) is 0 Å². The zero-order valence-electron chi connectivity index (χ0n) is 8.37. The van der Waals surface area contributed by atoms with Crippen molar-refractivity contribution in [1.82, 2.24) is 0 Å². The van der Waals surface area contributed by atoms with Crippen molar-refractivity contribution in [1.29, 1.82) is 0 Å². The topological polar surface area (TPSA) is 67.8 Å². The molecule has 0 radical (unpaired) electrons. The molecule has 0 saturated heterocycles. The largest absolute Gasteiger partial charge is 0.550 e. The molecule has 0 amide bonds. The Labute approximate surface area is 98.8 Å². The molecule has 0 spiro atoms. The first-order valence-corrected chi connectivity index (χ1v) is 5.15. The van der Waals surface area contributed by atoms with Crippen LogP contribution in [0.25, 0.3) is 0 Å². The number of hydrogen-bond acceptors (Lipinski definition) is 2. The van der Waals surface area contributed by atoms with E-state index in [0.29, 0.717) is 6.54 Å². The van der Waals surface area contributed by atoms with E-state index in [1.54, 1.807) is 0 Å². The molecule has 0 saturated carbocycles. The second-order valence-electron chi connectivity index (χ2n) is 2.80. The summed E-state index contributed by atoms with van der Waals surface area (Å²) in [5.41, 5.74) is 4.75. The average Bonchev–Trinajstić information content (AvgIpc) is 2.16. The molecule has 3 nitrogen and oxygen atoms in total. The Kier molecular flexibility index (Phi) is 7.13. The first-order chi connectivity index (χ1) is 6.97. The fraction of sp³-hybridized carbons (Fsp3) is 0.300. The number of quaternary nitrogens is 1. The normalized spacial score (nSPS) is 11.2. The molecule has 1 unspecified atom stereocenters. The summed E-state index contributed by atoms with van der Waals surface area (Å²) in [4.78, 5) is 8.89. The van der Waals surface area contributed by atoms with Crippen LogP contribution in [0, 0.1) is 0 Å². The quantitative estimate of drug-likeness (QED) is 0.781. The lowest BCUT2D eigenvalue weighted by atomic mass is 10.1. The molecular weight excluding hydrogens is 237 g/mol. The van der Waals surface area contributed by atoms with Gasteiger partial charge < -0.3 is 15.6 Å². The van der Waals surface area contributed by atoms with Crippen LogP contribution in [0.5, 0.6) is 0 Å². The van der Waals surface area contributed by atoms with Gasteiger partial charge in [0.1, 0.15) is 5.38 Å². The van der Waals surface area contributed by atoms with Crippen LogP contribution in [0.2, 0.25) is 5.02 Å². The first kappa shape index (κ1) is 14.2. The van der Waals surface area contributed by atoms with Gasteiger partial charge >= 0.3 is 0 Å². The number of benzene rings is 1. The molecule has 1 rings (SSSR count). The predicted molar refractivity (Wildman–Crippen MR) is 58.5 cm³/mol. The van der Waals surface area contributed by atoms with Crippen LogP contribution in [0.1, 0.15) is 17.9 Å². The van der Waals surface area contributed by atoms with Crippen LogP contribution >= 0.6 is 23.2 Å². The van der Waals surface area contributed by atoms with Gasteiger partial charge in [-0.15, -0.1) is 11.6 Å². The Balaban J connectivity index is 0.000000423. The summed E-state index contributed by atoms with van der Waals surface area (Å²) in [5.74, 6) is -1.08. The van der Waals surface area contributed by atoms with Crippen LogP contribution in [0.15, 0.2) is 24.3 Å². The van der Waals surface area contributed by atoms with E-state index in [2.05, 4.69) is 5.73 Å². The highest BCUT2D eigenvalue weighted by Crippen LogP contribution is 2.21. The summed E-state index contributed by atoms with van der Waals surface area (Å²) in [7, 11) is 0. The van der Waals surface area contributed by atoms with Crippen LogP contribution in [-0.4, -0.2) is 12.5 Å². The minimum Gasteiger partial charge on any atom is -0.550 e. The fourth-order valence-corrected chi connectivity index (χ4v) is 1.20. The van der Waals surface area contributed by atoms with Gasteiger partial charge in [-0.05, 0) is 24.6 Å². The molecule has 15 heavy (non-hydrogen) atoms. The highest BCUT2D eigenvalue weighted by atomic mass is 35.5. The van der Waals surface area contributed by atoms with Crippen molar-refractivity contribution in [3.63, 3.8) is 0 Å². The Morgan fingerprint density at radius 1 is 1.60 bits per heavy atom. The molecular formula is C10H13Cl2NO2. The lowest BCUT2D eigenvalue weighted by Crippen LogP contribution is -2.51. The van der Waals surface area contributed by atoms with Crippen LogP contribution in [-0.2, 0) is 4.79 Å². The molecule has 0 bridgehead atoms. The van der Waals surface area contributed by atoms with E-state index in [-0.39, 0.29) is 5.38 Å². The van der Waals surface area contributed by atoms with Gasteiger partial charge in [0.25, 0.3) is 0 Å². The van der Waals surface area contributed by atoms with E-state index >= 15 is 0 Å². The fourth-order valence-electron chi connectivity index (χ4n) is 0.868. The van der Waals surface area contributed by atoms with Gasteiger partial charge in [0.05, 0.1) is 6.54 Å². The Morgan fingerprint density at radius 3 is 2.53 bits per heavy atom. The van der Waals surface area contributed by atoms with Crippen molar-refractivity contribution >= 4 is 29.2 Å². The SMILES string of the molecule is CC(=O)[O-].[NH3+]CC(Cl)c1cccc(Cl)c1. The molecule has 1 aromatic carbocycles. The zero-order valence-corrected chi connectivity index (χ0v) is 9.89. The lowest BCUT2D eigenvalue weighted by molar-refractivity contribution is -0.367. The second kappa shape index (κ2) is 7.51. The summed E-state index contributed by atoms with van der Waals surface area (Å²) in [6.45, 7) is 1.65. The van der Waals surface area contributed by atoms with Crippen LogP contribution in [0.3, 0.4) is 0 Å². The van der Waals surface area contributed by atoms with E-state index in [0.717, 1.165) is 17.5 Å². The summed E-state index contributed by atoms with van der Waals surface area (Å²) in [5, 5.41) is 9.59. The Morgan fingerprint density at radius 2 is 2.13 bits per heavy atom. The molecule has 0 aliphatic heterocycles. The van der Waals surface area contributed by atoms with Gasteiger partial charge in [0, 0.05) is 11.0 Å². The van der Waals surface area contributed by atoms with Gasteiger partial charge in [0.15, 0.2) is 0 Å². The van der Waals surface area contributed by atoms with Gasteiger partial charge in [-0.1, -0.05) is 23.7 Å². The lowest BCUT2D eigenvalue weighted by Gasteiger charge is -2.03. The minimum absolute atomic E-state index is 0.0197. The maximum absolute atomic E-state index is 8.89. The van der Waals surface area contributed by atoms with E-state index in [1.165, 1.54) is 0 Å². The Bertz CT molecular complexity index is 314. The van der Waals surface area contributed by atoms with Crippen molar-refractivity contribution in [2.24, 2.45) is 0 Å². The van der Waals surface area contributed by atoms with Crippen molar-refractivity contribution < 1.29 is 15.6 Å². The van der Waals surface area contributed by atoms with Gasteiger partial charge in [0.2, 0.25) is 0 Å². The Hall–Kier alpha value is -0.770. The molecule has 0 aliphatic carbocycles. The third kappa shape index (κ3) is 7.19. The predicted octanol–water partition coefficient (Wildman–Crippen LogP) is 0.618. The van der Waals surface area contributed by atoms with Crippen molar-refractivity contribution in [3.8, 4) is 0 Å². The summed E-state index contributed by atoms with van der Waals surface area (Å²) >= 11 is 11.7. The van der Waals surface area contributed by atoms with Crippen LogP contribution in [0.4, 0.5) is 0 Å². The monoisotopic (exact) mass is 249 g/mol. The number of carboxylic acid groups (broad SMARTS) is 1. The average molecular weight is 250 g/mol. The minimum atomic E-state index is -1.08. The highest BCUT2D eigenvalue weighted by Gasteiger charge is 2.06. The number of aliphatic carboxylic acids is 1. The summed E-state index contributed by atoms with van der Waals surface area (Å²) in [6, 6.07) is 7.54. The summed E-state index contributed by atoms with van der Waals surface area (Å²) in [6.07, 6.45) is 0.